The molecule has 2 fully saturated rings. The lowest BCUT2D eigenvalue weighted by Crippen LogP contribution is -2.39. The third-order valence-corrected chi connectivity index (χ3v) is 9.04. The Hall–Kier alpha value is -3.64. The van der Waals surface area contributed by atoms with Crippen molar-refractivity contribution in [2.75, 3.05) is 25.0 Å². The van der Waals surface area contributed by atoms with Gasteiger partial charge in [0.15, 0.2) is 0 Å². The summed E-state index contributed by atoms with van der Waals surface area (Å²) in [4.78, 5) is 25.3. The molecular formula is C32H36F2N6O. The molecule has 0 radical (unpaired) electrons. The molecule has 1 N–H and O–H groups in total. The number of benzene rings is 1. The molecule has 5 heterocycles. The molecule has 1 saturated heterocycles. The lowest BCUT2D eigenvalue weighted by atomic mass is 9.85. The van der Waals surface area contributed by atoms with Gasteiger partial charge in [-0.05, 0) is 83.2 Å². The van der Waals surface area contributed by atoms with E-state index in [0.29, 0.717) is 73.6 Å². The highest BCUT2D eigenvalue weighted by Gasteiger charge is 2.47. The van der Waals surface area contributed by atoms with E-state index >= 15 is 8.78 Å². The lowest BCUT2D eigenvalue weighted by Gasteiger charge is -2.35. The highest BCUT2D eigenvalue weighted by atomic mass is 19.3. The number of aromatic nitrogens is 3. The molecule has 41 heavy (non-hydrogen) atoms. The summed E-state index contributed by atoms with van der Waals surface area (Å²) in [5.41, 5.74) is 0.837. The van der Waals surface area contributed by atoms with Crippen LogP contribution in [0.2, 0.25) is 0 Å². The van der Waals surface area contributed by atoms with Crippen LogP contribution in [0, 0.1) is 24.2 Å². The van der Waals surface area contributed by atoms with Crippen molar-refractivity contribution >= 4 is 16.9 Å². The Morgan fingerprint density at radius 3 is 2.61 bits per heavy atom. The van der Waals surface area contributed by atoms with Gasteiger partial charge in [-0.15, -0.1) is 0 Å². The molecule has 8 bridgehead atoms. The van der Waals surface area contributed by atoms with Crippen molar-refractivity contribution in [2.24, 2.45) is 5.92 Å². The van der Waals surface area contributed by atoms with Crippen LogP contribution in [0.4, 0.5) is 14.6 Å². The Balaban J connectivity index is 1.47. The standard InChI is InChI=1S/C32H36F2N6O/c1-21-23-8-7-9-25(18-23)32(33,34)24-10-16-39(17-11-24)14-5-3-4-6-15-40-29-26(28(36-21)37-22(2)38-29)19-27(30(40)41)31(20-35)12-13-31/h3,5,7-9,18-19,21,24H,4,6,10-17H2,1-2H3,(H,36,37,38)/t21-/m1/s1. The minimum Gasteiger partial charge on any atom is -0.363 e. The van der Waals surface area contributed by atoms with E-state index in [4.69, 9.17) is 0 Å². The van der Waals surface area contributed by atoms with Gasteiger partial charge in [0.25, 0.3) is 11.5 Å². The normalized spacial score (nSPS) is 25.4. The van der Waals surface area contributed by atoms with Crippen molar-refractivity contribution in [3.8, 4) is 6.07 Å². The monoisotopic (exact) mass is 558 g/mol. The number of hydrogen-bond acceptors (Lipinski definition) is 6. The Labute approximate surface area is 238 Å². The highest BCUT2D eigenvalue weighted by molar-refractivity contribution is 5.88. The molecule has 4 aliphatic rings. The van der Waals surface area contributed by atoms with Crippen LogP contribution in [0.3, 0.4) is 0 Å². The summed E-state index contributed by atoms with van der Waals surface area (Å²) < 4.78 is 33.2. The van der Waals surface area contributed by atoms with Crippen LogP contribution in [0.15, 0.2) is 47.3 Å². The fourth-order valence-corrected chi connectivity index (χ4v) is 6.31. The smallest absolute Gasteiger partial charge is 0.276 e. The Morgan fingerprint density at radius 2 is 1.88 bits per heavy atom. The number of nitriles is 1. The van der Waals surface area contributed by atoms with Crippen LogP contribution >= 0.6 is 0 Å². The van der Waals surface area contributed by atoms with Crippen molar-refractivity contribution in [1.29, 1.82) is 5.26 Å². The zero-order chi connectivity index (χ0) is 28.8. The molecule has 9 heteroatoms. The van der Waals surface area contributed by atoms with Crippen LogP contribution in [0.25, 0.3) is 11.0 Å². The van der Waals surface area contributed by atoms with Gasteiger partial charge in [-0.1, -0.05) is 30.4 Å². The number of aryl methyl sites for hydroxylation is 2. The highest BCUT2D eigenvalue weighted by Crippen LogP contribution is 2.47. The number of fused-ring (bicyclic) bond motifs is 7. The topological polar surface area (TPSA) is 86.8 Å². The molecular weight excluding hydrogens is 522 g/mol. The molecule has 7 nitrogen and oxygen atoms in total. The van der Waals surface area contributed by atoms with E-state index in [1.54, 1.807) is 29.7 Å². The summed E-state index contributed by atoms with van der Waals surface area (Å²) in [7, 11) is 0. The number of pyridine rings is 1. The van der Waals surface area contributed by atoms with Crippen molar-refractivity contribution in [3.05, 3.63) is 75.4 Å². The number of halogens is 2. The van der Waals surface area contributed by atoms with Crippen molar-refractivity contribution < 1.29 is 8.78 Å². The van der Waals surface area contributed by atoms with Crippen LogP contribution in [-0.2, 0) is 17.9 Å². The first-order chi connectivity index (χ1) is 19.7. The molecule has 1 aliphatic carbocycles. The maximum atomic E-state index is 15.8. The summed E-state index contributed by atoms with van der Waals surface area (Å²) in [6.07, 6.45) is 7.93. The van der Waals surface area contributed by atoms with Crippen LogP contribution in [-0.4, -0.2) is 39.1 Å². The first kappa shape index (κ1) is 27.5. The first-order valence-corrected chi connectivity index (χ1v) is 14.7. The molecule has 1 saturated carbocycles. The van der Waals surface area contributed by atoms with E-state index in [2.05, 4.69) is 38.4 Å². The maximum Gasteiger partial charge on any atom is 0.276 e. The number of allylic oxidation sites excluding steroid dienone is 1. The quantitative estimate of drug-likeness (QED) is 0.370. The number of nitrogens with zero attached hydrogens (tertiary/aromatic N) is 5. The molecule has 0 unspecified atom stereocenters. The average Bonchev–Trinajstić information content (AvgIpc) is 3.76. The maximum absolute atomic E-state index is 15.8. The first-order valence-electron chi connectivity index (χ1n) is 14.7. The number of piperidine rings is 1. The Morgan fingerprint density at radius 1 is 1.10 bits per heavy atom. The molecule has 1 atom stereocenters. The third kappa shape index (κ3) is 5.14. The van der Waals surface area contributed by atoms with Crippen LogP contribution in [0.1, 0.15) is 74.0 Å². The SMILES string of the molecule is Cc1nc2c3cc(C4(C#N)CC4)c(=O)n(c3n1)CCCC=CCN1CCC(CC1)C(F)(F)c1cccc(c1)[C@@H](C)N2. The Kier molecular flexibility index (Phi) is 7.14. The van der Waals surface area contributed by atoms with Crippen LogP contribution < -0.4 is 10.9 Å². The fraction of sp³-hybridized carbons (Fsp3) is 0.500. The van der Waals surface area contributed by atoms with Gasteiger partial charge in [0.05, 0.1) is 16.9 Å². The fourth-order valence-electron chi connectivity index (χ4n) is 6.31. The number of rotatable bonds is 1. The van der Waals surface area contributed by atoms with Gasteiger partial charge < -0.3 is 5.32 Å². The van der Waals surface area contributed by atoms with Gasteiger partial charge in [0, 0.05) is 36.2 Å². The molecule has 3 aromatic rings. The van der Waals surface area contributed by atoms with Gasteiger partial charge in [-0.3, -0.25) is 14.3 Å². The molecule has 0 amide bonds. The number of alkyl halides is 2. The molecule has 3 aliphatic heterocycles. The van der Waals surface area contributed by atoms with Crippen LogP contribution in [0.5, 0.6) is 0 Å². The van der Waals surface area contributed by atoms with Crippen molar-refractivity contribution in [3.63, 3.8) is 0 Å². The zero-order valence-electron chi connectivity index (χ0n) is 23.7. The van der Waals surface area contributed by atoms with E-state index in [1.165, 1.54) is 6.07 Å². The van der Waals surface area contributed by atoms with E-state index < -0.39 is 17.3 Å². The molecule has 1 aromatic carbocycles. The summed E-state index contributed by atoms with van der Waals surface area (Å²) >= 11 is 0. The second-order valence-electron chi connectivity index (χ2n) is 11.9. The van der Waals surface area contributed by atoms with Gasteiger partial charge >= 0.3 is 0 Å². The zero-order valence-corrected chi connectivity index (χ0v) is 23.7. The average molecular weight is 559 g/mol. The largest absolute Gasteiger partial charge is 0.363 e. The van der Waals surface area contributed by atoms with E-state index in [-0.39, 0.29) is 17.2 Å². The third-order valence-electron chi connectivity index (χ3n) is 9.04. The summed E-state index contributed by atoms with van der Waals surface area (Å²) in [5, 5.41) is 14.0. The second kappa shape index (κ2) is 10.6. The predicted molar refractivity (Wildman–Crippen MR) is 155 cm³/mol. The predicted octanol–water partition coefficient (Wildman–Crippen LogP) is 5.98. The van der Waals surface area contributed by atoms with Crippen molar-refractivity contribution in [2.45, 2.75) is 76.3 Å². The van der Waals surface area contributed by atoms with Gasteiger partial charge in [0.1, 0.15) is 17.3 Å². The minimum absolute atomic E-state index is 0.0425. The summed E-state index contributed by atoms with van der Waals surface area (Å²) in [6.45, 7) is 6.20. The lowest BCUT2D eigenvalue weighted by molar-refractivity contribution is -0.0847. The number of hydrogen-bond donors (Lipinski definition) is 1. The molecule has 0 spiro atoms. The van der Waals surface area contributed by atoms with Gasteiger partial charge in [-0.2, -0.15) is 5.26 Å². The summed E-state index contributed by atoms with van der Waals surface area (Å²) in [6, 6.07) is 10.5. The van der Waals surface area contributed by atoms with E-state index in [9.17, 15) is 10.1 Å². The number of anilines is 1. The Bertz CT molecular complexity index is 1590. The minimum atomic E-state index is -2.92. The van der Waals surface area contributed by atoms with E-state index in [0.717, 1.165) is 24.9 Å². The molecule has 7 rings (SSSR count). The number of nitrogens with one attached hydrogen (secondary N) is 1. The molecule has 214 valence electrons. The molecule has 2 aromatic heterocycles. The van der Waals surface area contributed by atoms with E-state index in [1.807, 2.05) is 13.0 Å². The van der Waals surface area contributed by atoms with Gasteiger partial charge in [0.2, 0.25) is 0 Å². The van der Waals surface area contributed by atoms with Crippen molar-refractivity contribution in [1.82, 2.24) is 19.4 Å². The van der Waals surface area contributed by atoms with Gasteiger partial charge in [-0.25, -0.2) is 18.7 Å². The summed E-state index contributed by atoms with van der Waals surface area (Å²) in [5.74, 6) is -2.58. The second-order valence-corrected chi connectivity index (χ2v) is 11.9.